The number of allylic oxidation sites excluding steroid dienone is 1. The van der Waals surface area contributed by atoms with Crippen molar-refractivity contribution < 1.29 is 4.79 Å². The normalized spacial score (nSPS) is 12.2. The lowest BCUT2D eigenvalue weighted by Gasteiger charge is -2.19. The molecule has 0 aliphatic rings. The van der Waals surface area contributed by atoms with Crippen LogP contribution < -0.4 is 5.43 Å². The van der Waals surface area contributed by atoms with E-state index in [1.165, 1.54) is 23.5 Å². The van der Waals surface area contributed by atoms with Crippen LogP contribution in [0.25, 0.3) is 23.2 Å². The fourth-order valence-electron chi connectivity index (χ4n) is 3.55. The summed E-state index contributed by atoms with van der Waals surface area (Å²) in [4.78, 5) is 12.4. The van der Waals surface area contributed by atoms with Crippen molar-refractivity contribution in [3.05, 3.63) is 101 Å². The van der Waals surface area contributed by atoms with Crippen LogP contribution in [0.15, 0.2) is 100 Å². The van der Waals surface area contributed by atoms with Crippen molar-refractivity contribution in [1.29, 1.82) is 0 Å². The SMILES string of the molecule is CC(C)(C)c1ccc(-c2nnc(SCC(=O)N/N=C/C(Cl)=C/c3ccccc3)n2-c2ccccc2)cc1. The topological polar surface area (TPSA) is 72.2 Å². The molecule has 1 amide bonds. The summed E-state index contributed by atoms with van der Waals surface area (Å²) in [5.74, 6) is 0.556. The van der Waals surface area contributed by atoms with Gasteiger partial charge in [0.2, 0.25) is 0 Å². The van der Waals surface area contributed by atoms with E-state index in [1.54, 1.807) is 6.08 Å². The summed E-state index contributed by atoms with van der Waals surface area (Å²) in [6, 6.07) is 27.9. The number of amides is 1. The predicted octanol–water partition coefficient (Wildman–Crippen LogP) is 6.71. The molecule has 0 bridgehead atoms. The summed E-state index contributed by atoms with van der Waals surface area (Å²) in [5.41, 5.74) is 6.63. The van der Waals surface area contributed by atoms with E-state index < -0.39 is 0 Å². The van der Waals surface area contributed by atoms with Crippen LogP contribution in [-0.4, -0.2) is 32.6 Å². The van der Waals surface area contributed by atoms with Crippen molar-refractivity contribution in [3.8, 4) is 17.1 Å². The lowest BCUT2D eigenvalue weighted by molar-refractivity contribution is -0.118. The van der Waals surface area contributed by atoms with Gasteiger partial charge in [0.25, 0.3) is 5.91 Å². The Balaban J connectivity index is 1.47. The minimum Gasteiger partial charge on any atom is -0.272 e. The van der Waals surface area contributed by atoms with Gasteiger partial charge in [-0.3, -0.25) is 9.36 Å². The average Bonchev–Trinajstić information content (AvgIpc) is 3.32. The second kappa shape index (κ2) is 12.0. The van der Waals surface area contributed by atoms with Crippen LogP contribution in [-0.2, 0) is 10.2 Å². The first-order valence-electron chi connectivity index (χ1n) is 11.8. The summed E-state index contributed by atoms with van der Waals surface area (Å²) >= 11 is 7.48. The van der Waals surface area contributed by atoms with Gasteiger partial charge in [0, 0.05) is 11.3 Å². The highest BCUT2D eigenvalue weighted by molar-refractivity contribution is 7.99. The van der Waals surface area contributed by atoms with Gasteiger partial charge in [0.05, 0.1) is 17.0 Å². The number of para-hydroxylation sites is 1. The molecule has 6 nitrogen and oxygen atoms in total. The van der Waals surface area contributed by atoms with Gasteiger partial charge in [-0.15, -0.1) is 10.2 Å². The first kappa shape index (κ1) is 26.4. The Bertz CT molecular complexity index is 1390. The number of thioether (sulfide) groups is 1. The van der Waals surface area contributed by atoms with Crippen molar-refractivity contribution in [3.63, 3.8) is 0 Å². The van der Waals surface area contributed by atoms with Crippen LogP contribution in [0.2, 0.25) is 0 Å². The Labute approximate surface area is 226 Å². The molecular formula is C29H28ClN5OS. The third-order valence-corrected chi connectivity index (χ3v) is 6.61. The highest BCUT2D eigenvalue weighted by atomic mass is 35.5. The molecule has 1 aromatic heterocycles. The Morgan fingerprint density at radius 3 is 2.27 bits per heavy atom. The number of hydrogen-bond donors (Lipinski definition) is 1. The quantitative estimate of drug-likeness (QED) is 0.156. The molecule has 1 N–H and O–H groups in total. The van der Waals surface area contributed by atoms with E-state index in [2.05, 4.69) is 65.8 Å². The Morgan fingerprint density at radius 2 is 1.62 bits per heavy atom. The van der Waals surface area contributed by atoms with Gasteiger partial charge in [-0.1, -0.05) is 117 Å². The van der Waals surface area contributed by atoms with E-state index in [0.29, 0.717) is 16.0 Å². The number of aromatic nitrogens is 3. The predicted molar refractivity (Wildman–Crippen MR) is 153 cm³/mol. The summed E-state index contributed by atoms with van der Waals surface area (Å²) < 4.78 is 1.97. The van der Waals surface area contributed by atoms with Gasteiger partial charge in [-0.25, -0.2) is 5.43 Å². The van der Waals surface area contributed by atoms with Crippen molar-refractivity contribution in [2.45, 2.75) is 31.3 Å². The Kier molecular flexibility index (Phi) is 8.58. The number of halogens is 1. The molecule has 0 saturated heterocycles. The van der Waals surface area contributed by atoms with Gasteiger partial charge < -0.3 is 0 Å². The number of carbonyl (C=O) groups is 1. The highest BCUT2D eigenvalue weighted by Gasteiger charge is 2.19. The van der Waals surface area contributed by atoms with Crippen LogP contribution in [0.3, 0.4) is 0 Å². The molecule has 3 aromatic carbocycles. The highest BCUT2D eigenvalue weighted by Crippen LogP contribution is 2.30. The minimum absolute atomic E-state index is 0.0596. The molecule has 0 unspecified atom stereocenters. The van der Waals surface area contributed by atoms with Crippen molar-refractivity contribution >= 4 is 41.6 Å². The van der Waals surface area contributed by atoms with Crippen LogP contribution in [0.5, 0.6) is 0 Å². The smallest absolute Gasteiger partial charge is 0.250 e. The average molecular weight is 530 g/mol. The molecule has 0 atom stereocenters. The molecule has 4 rings (SSSR count). The number of rotatable bonds is 8. The van der Waals surface area contributed by atoms with Gasteiger partial charge >= 0.3 is 0 Å². The van der Waals surface area contributed by atoms with E-state index in [0.717, 1.165) is 16.8 Å². The first-order chi connectivity index (χ1) is 17.8. The summed E-state index contributed by atoms with van der Waals surface area (Å²) in [6.07, 6.45) is 3.17. The fraction of sp³-hybridized carbons (Fsp3) is 0.172. The zero-order valence-corrected chi connectivity index (χ0v) is 22.5. The minimum atomic E-state index is -0.274. The molecule has 0 aliphatic heterocycles. The van der Waals surface area contributed by atoms with E-state index >= 15 is 0 Å². The molecule has 4 aromatic rings. The molecule has 188 valence electrons. The van der Waals surface area contributed by atoms with Gasteiger partial charge in [0.15, 0.2) is 11.0 Å². The second-order valence-corrected chi connectivity index (χ2v) is 10.7. The van der Waals surface area contributed by atoms with Crippen LogP contribution >= 0.6 is 23.4 Å². The van der Waals surface area contributed by atoms with Gasteiger partial charge in [-0.05, 0) is 34.8 Å². The molecule has 8 heteroatoms. The Hall–Kier alpha value is -3.68. The number of benzene rings is 3. The molecule has 37 heavy (non-hydrogen) atoms. The van der Waals surface area contributed by atoms with E-state index in [4.69, 9.17) is 11.6 Å². The molecule has 0 spiro atoms. The largest absolute Gasteiger partial charge is 0.272 e. The van der Waals surface area contributed by atoms with Gasteiger partial charge in [0.1, 0.15) is 0 Å². The van der Waals surface area contributed by atoms with E-state index in [1.807, 2.05) is 65.2 Å². The standard InChI is InChI=1S/C29H28ClN5OS/c1-29(2,3)23-16-14-22(15-17-23)27-33-34-28(35(27)25-12-8-5-9-13-25)37-20-26(36)32-31-19-24(30)18-21-10-6-4-7-11-21/h4-19H,20H2,1-3H3,(H,32,36)/b24-18-,31-19+. The second-order valence-electron chi connectivity index (χ2n) is 9.33. The van der Waals surface area contributed by atoms with Crippen molar-refractivity contribution in [1.82, 2.24) is 20.2 Å². The zero-order valence-electron chi connectivity index (χ0n) is 20.9. The molecule has 0 radical (unpaired) electrons. The van der Waals surface area contributed by atoms with Crippen LogP contribution in [0.4, 0.5) is 0 Å². The maximum atomic E-state index is 12.4. The number of nitrogens with one attached hydrogen (secondary N) is 1. The summed E-state index contributed by atoms with van der Waals surface area (Å²) in [6.45, 7) is 6.56. The number of hydrogen-bond acceptors (Lipinski definition) is 5. The number of carbonyl (C=O) groups excluding carboxylic acids is 1. The monoisotopic (exact) mass is 529 g/mol. The lowest BCUT2D eigenvalue weighted by atomic mass is 9.87. The molecule has 0 aliphatic carbocycles. The lowest BCUT2D eigenvalue weighted by Crippen LogP contribution is -2.19. The number of nitrogens with zero attached hydrogens (tertiary/aromatic N) is 4. The third kappa shape index (κ3) is 7.18. The zero-order chi connectivity index (χ0) is 26.3. The summed E-state index contributed by atoms with van der Waals surface area (Å²) in [5, 5.41) is 13.8. The van der Waals surface area contributed by atoms with E-state index in [9.17, 15) is 4.79 Å². The molecular weight excluding hydrogens is 502 g/mol. The third-order valence-electron chi connectivity index (χ3n) is 5.47. The molecule has 0 fully saturated rings. The Morgan fingerprint density at radius 1 is 0.973 bits per heavy atom. The van der Waals surface area contributed by atoms with Crippen molar-refractivity contribution in [2.75, 3.05) is 5.75 Å². The molecule has 1 heterocycles. The van der Waals surface area contributed by atoms with Crippen molar-refractivity contribution in [2.24, 2.45) is 5.10 Å². The summed E-state index contributed by atoms with van der Waals surface area (Å²) in [7, 11) is 0. The van der Waals surface area contributed by atoms with Crippen LogP contribution in [0, 0.1) is 0 Å². The molecule has 0 saturated carbocycles. The van der Waals surface area contributed by atoms with E-state index in [-0.39, 0.29) is 17.1 Å². The first-order valence-corrected chi connectivity index (χ1v) is 13.2. The van der Waals surface area contributed by atoms with Gasteiger partial charge in [-0.2, -0.15) is 5.10 Å². The fourth-order valence-corrected chi connectivity index (χ4v) is 4.47. The maximum absolute atomic E-state index is 12.4. The number of hydrazone groups is 1. The maximum Gasteiger partial charge on any atom is 0.250 e. The van der Waals surface area contributed by atoms with Crippen LogP contribution in [0.1, 0.15) is 31.9 Å².